The second kappa shape index (κ2) is 4.58. The van der Waals surface area contributed by atoms with E-state index in [1.807, 2.05) is 31.2 Å². The van der Waals surface area contributed by atoms with E-state index in [1.54, 1.807) is 16.7 Å². The fourth-order valence-electron chi connectivity index (χ4n) is 1.31. The first-order valence-electron chi connectivity index (χ1n) is 4.30. The summed E-state index contributed by atoms with van der Waals surface area (Å²) in [4.78, 5) is 11.4. The van der Waals surface area contributed by atoms with Gasteiger partial charge in [-0.1, -0.05) is 6.07 Å². The molecule has 0 bridgehead atoms. The molecule has 1 N–H and O–H groups in total. The average molecular weight is 191 g/mol. The van der Waals surface area contributed by atoms with Crippen LogP contribution in [-0.4, -0.2) is 16.6 Å². The standard InChI is InChI=1S/C10H9NO.CH4O/c1-8-6-9-4-2-3-5-11(9)10(12)7-8;1-2/h2-7H,1H3;2H,1H3. The van der Waals surface area contributed by atoms with Crippen molar-refractivity contribution in [3.8, 4) is 0 Å². The Hall–Kier alpha value is -1.61. The predicted octanol–water partition coefficient (Wildman–Crippen LogP) is 1.22. The zero-order valence-corrected chi connectivity index (χ0v) is 8.27. The van der Waals surface area contributed by atoms with E-state index in [-0.39, 0.29) is 5.56 Å². The molecule has 0 amide bonds. The largest absolute Gasteiger partial charge is 0.400 e. The van der Waals surface area contributed by atoms with Crippen molar-refractivity contribution in [1.82, 2.24) is 4.40 Å². The maximum atomic E-state index is 11.4. The van der Waals surface area contributed by atoms with E-state index >= 15 is 0 Å². The van der Waals surface area contributed by atoms with Gasteiger partial charge < -0.3 is 5.11 Å². The van der Waals surface area contributed by atoms with Gasteiger partial charge in [-0.15, -0.1) is 0 Å². The molecule has 0 aromatic carbocycles. The summed E-state index contributed by atoms with van der Waals surface area (Å²) < 4.78 is 1.63. The second-order valence-electron chi connectivity index (χ2n) is 2.87. The molecule has 0 saturated carbocycles. The SMILES string of the molecule is CO.Cc1cc(=O)n2ccccc2c1. The van der Waals surface area contributed by atoms with E-state index < -0.39 is 0 Å². The Balaban J connectivity index is 0.000000461. The van der Waals surface area contributed by atoms with Gasteiger partial charge in [0.25, 0.3) is 5.56 Å². The lowest BCUT2D eigenvalue weighted by molar-refractivity contribution is 0.399. The summed E-state index contributed by atoms with van der Waals surface area (Å²) >= 11 is 0. The molecule has 0 aliphatic heterocycles. The van der Waals surface area contributed by atoms with Gasteiger partial charge in [0.2, 0.25) is 0 Å². The van der Waals surface area contributed by atoms with E-state index in [9.17, 15) is 4.79 Å². The van der Waals surface area contributed by atoms with Crippen LogP contribution in [0.1, 0.15) is 5.56 Å². The Bertz CT molecular complexity index is 474. The third-order valence-corrected chi connectivity index (χ3v) is 1.86. The summed E-state index contributed by atoms with van der Waals surface area (Å²) in [5.41, 5.74) is 1.99. The zero-order valence-electron chi connectivity index (χ0n) is 8.27. The molecule has 2 aromatic rings. The van der Waals surface area contributed by atoms with Gasteiger partial charge in [-0.3, -0.25) is 9.20 Å². The Morgan fingerprint density at radius 2 is 1.93 bits per heavy atom. The first-order valence-corrected chi connectivity index (χ1v) is 4.30. The van der Waals surface area contributed by atoms with Gasteiger partial charge in [0.1, 0.15) is 0 Å². The summed E-state index contributed by atoms with van der Waals surface area (Å²) in [5, 5.41) is 7.00. The highest BCUT2D eigenvalue weighted by molar-refractivity contribution is 5.47. The lowest BCUT2D eigenvalue weighted by atomic mass is 10.2. The number of hydrogen-bond donors (Lipinski definition) is 1. The van der Waals surface area contributed by atoms with Crippen LogP contribution in [-0.2, 0) is 0 Å². The van der Waals surface area contributed by atoms with E-state index in [4.69, 9.17) is 5.11 Å². The third kappa shape index (κ3) is 2.00. The minimum absolute atomic E-state index is 0.0330. The number of aromatic nitrogens is 1. The topological polar surface area (TPSA) is 41.7 Å². The highest BCUT2D eigenvalue weighted by Crippen LogP contribution is 2.01. The number of aryl methyl sites for hydroxylation is 1. The quantitative estimate of drug-likeness (QED) is 0.680. The lowest BCUT2D eigenvalue weighted by Gasteiger charge is -1.99. The van der Waals surface area contributed by atoms with Crippen LogP contribution in [0.3, 0.4) is 0 Å². The van der Waals surface area contributed by atoms with E-state index in [1.165, 1.54) is 0 Å². The van der Waals surface area contributed by atoms with E-state index in [2.05, 4.69) is 0 Å². The Kier molecular flexibility index (Phi) is 3.42. The fraction of sp³-hybridized carbons (Fsp3) is 0.182. The summed E-state index contributed by atoms with van der Waals surface area (Å²) in [6.07, 6.45) is 1.77. The summed E-state index contributed by atoms with van der Waals surface area (Å²) in [6, 6.07) is 9.32. The number of pyridine rings is 2. The molecule has 74 valence electrons. The van der Waals surface area contributed by atoms with Gasteiger partial charge in [0.05, 0.1) is 0 Å². The molecule has 2 rings (SSSR count). The number of rotatable bonds is 0. The first kappa shape index (κ1) is 10.5. The average Bonchev–Trinajstić information content (AvgIpc) is 2.20. The van der Waals surface area contributed by atoms with Gasteiger partial charge >= 0.3 is 0 Å². The van der Waals surface area contributed by atoms with Gasteiger partial charge in [-0.2, -0.15) is 0 Å². The molecule has 0 aliphatic rings. The van der Waals surface area contributed by atoms with Gasteiger partial charge in [-0.05, 0) is 30.7 Å². The first-order chi connectivity index (χ1) is 6.77. The molecule has 0 atom stereocenters. The normalized spacial score (nSPS) is 9.36. The molecule has 14 heavy (non-hydrogen) atoms. The van der Waals surface area contributed by atoms with Crippen molar-refractivity contribution >= 4 is 5.52 Å². The van der Waals surface area contributed by atoms with Crippen LogP contribution in [0, 0.1) is 6.92 Å². The molecule has 0 spiro atoms. The van der Waals surface area contributed by atoms with Crippen LogP contribution in [0.2, 0.25) is 0 Å². The second-order valence-corrected chi connectivity index (χ2v) is 2.87. The molecule has 0 saturated heterocycles. The van der Waals surface area contributed by atoms with Crippen molar-refractivity contribution in [2.24, 2.45) is 0 Å². The van der Waals surface area contributed by atoms with Crippen LogP contribution >= 0.6 is 0 Å². The monoisotopic (exact) mass is 191 g/mol. The van der Waals surface area contributed by atoms with Crippen LogP contribution in [0.25, 0.3) is 5.52 Å². The smallest absolute Gasteiger partial charge is 0.255 e. The van der Waals surface area contributed by atoms with E-state index in [0.717, 1.165) is 18.2 Å². The van der Waals surface area contributed by atoms with E-state index in [0.29, 0.717) is 0 Å². The molecule has 3 heteroatoms. The van der Waals surface area contributed by atoms with Crippen LogP contribution in [0.4, 0.5) is 0 Å². The fourth-order valence-corrected chi connectivity index (χ4v) is 1.31. The highest BCUT2D eigenvalue weighted by Gasteiger charge is 1.94. The number of aliphatic hydroxyl groups excluding tert-OH is 1. The third-order valence-electron chi connectivity index (χ3n) is 1.86. The molecule has 2 heterocycles. The molecule has 0 fully saturated rings. The number of nitrogens with zero attached hydrogens (tertiary/aromatic N) is 1. The number of aliphatic hydroxyl groups is 1. The van der Waals surface area contributed by atoms with Crippen molar-refractivity contribution in [2.45, 2.75) is 6.92 Å². The van der Waals surface area contributed by atoms with Crippen molar-refractivity contribution in [3.05, 3.63) is 52.4 Å². The molecule has 3 nitrogen and oxygen atoms in total. The highest BCUT2D eigenvalue weighted by atomic mass is 16.2. The maximum absolute atomic E-state index is 11.4. The Labute approximate surface area is 82.3 Å². The molecule has 2 aromatic heterocycles. The zero-order chi connectivity index (χ0) is 10.6. The van der Waals surface area contributed by atoms with Gasteiger partial charge in [-0.25, -0.2) is 0 Å². The number of fused-ring (bicyclic) bond motifs is 1. The van der Waals surface area contributed by atoms with Crippen molar-refractivity contribution < 1.29 is 5.11 Å². The molecule has 0 unspecified atom stereocenters. The number of hydrogen-bond acceptors (Lipinski definition) is 2. The molecule has 0 radical (unpaired) electrons. The van der Waals surface area contributed by atoms with Crippen LogP contribution in [0.15, 0.2) is 41.3 Å². The summed E-state index contributed by atoms with van der Waals surface area (Å²) in [6.45, 7) is 1.92. The van der Waals surface area contributed by atoms with Crippen molar-refractivity contribution in [3.63, 3.8) is 0 Å². The van der Waals surface area contributed by atoms with Crippen LogP contribution in [0.5, 0.6) is 0 Å². The van der Waals surface area contributed by atoms with Crippen molar-refractivity contribution in [1.29, 1.82) is 0 Å². The Morgan fingerprint density at radius 1 is 1.21 bits per heavy atom. The molecule has 0 aliphatic carbocycles. The molecular weight excluding hydrogens is 178 g/mol. The predicted molar refractivity (Wildman–Crippen MR) is 56.5 cm³/mol. The lowest BCUT2D eigenvalue weighted by Crippen LogP contribution is -2.11. The van der Waals surface area contributed by atoms with Crippen molar-refractivity contribution in [2.75, 3.05) is 7.11 Å². The minimum atomic E-state index is 0.0330. The minimum Gasteiger partial charge on any atom is -0.400 e. The Morgan fingerprint density at radius 3 is 2.64 bits per heavy atom. The summed E-state index contributed by atoms with van der Waals surface area (Å²) in [5.74, 6) is 0. The van der Waals surface area contributed by atoms with Gasteiger partial charge in [0.15, 0.2) is 0 Å². The maximum Gasteiger partial charge on any atom is 0.255 e. The summed E-state index contributed by atoms with van der Waals surface area (Å²) in [7, 11) is 1.00. The van der Waals surface area contributed by atoms with Gasteiger partial charge in [0, 0.05) is 24.9 Å². The molecular formula is C11H13NO2. The van der Waals surface area contributed by atoms with Crippen LogP contribution < -0.4 is 5.56 Å².